The van der Waals surface area contributed by atoms with Gasteiger partial charge in [0.05, 0.1) is 14.1 Å². The highest BCUT2D eigenvalue weighted by molar-refractivity contribution is 5.85. The molecule has 0 aromatic heterocycles. The Morgan fingerprint density at radius 1 is 0.929 bits per heavy atom. The van der Waals surface area contributed by atoms with Crippen molar-refractivity contribution in [1.82, 2.24) is 0 Å². The number of fused-ring (bicyclic) bond motifs is 1. The zero-order valence-electron chi connectivity index (χ0n) is 8.75. The van der Waals surface area contributed by atoms with E-state index in [0.29, 0.717) is 0 Å². The fourth-order valence-corrected chi connectivity index (χ4v) is 1.83. The third-order valence-electron chi connectivity index (χ3n) is 2.42. The first kappa shape index (κ1) is 9.22. The van der Waals surface area contributed by atoms with Gasteiger partial charge in [0.25, 0.3) is 0 Å². The lowest BCUT2D eigenvalue weighted by atomic mass is 10.0. The van der Waals surface area contributed by atoms with E-state index in [1.54, 1.807) is 0 Å². The number of hydrogen-bond acceptors (Lipinski definition) is 0. The van der Waals surface area contributed by atoms with Gasteiger partial charge in [-0.05, 0) is 10.8 Å². The van der Waals surface area contributed by atoms with Gasteiger partial charge in [-0.3, -0.25) is 0 Å². The second-order valence-electron chi connectivity index (χ2n) is 4.02. The van der Waals surface area contributed by atoms with Gasteiger partial charge < -0.3 is 4.90 Å². The van der Waals surface area contributed by atoms with Crippen LogP contribution in [0.25, 0.3) is 10.8 Å². The van der Waals surface area contributed by atoms with E-state index in [9.17, 15) is 0 Å². The van der Waals surface area contributed by atoms with Crippen molar-refractivity contribution in [3.05, 3.63) is 48.0 Å². The molecular formula is C13H16N+. The van der Waals surface area contributed by atoms with E-state index in [2.05, 4.69) is 56.6 Å². The Balaban J connectivity index is 2.53. The normalized spacial score (nSPS) is 11.1. The summed E-state index contributed by atoms with van der Waals surface area (Å²) in [4.78, 5) is 1.46. The average Bonchev–Trinajstić information content (AvgIpc) is 2.18. The van der Waals surface area contributed by atoms with E-state index in [4.69, 9.17) is 0 Å². The molecule has 0 spiro atoms. The molecule has 14 heavy (non-hydrogen) atoms. The Kier molecular flexibility index (Phi) is 2.51. The lowest BCUT2D eigenvalue weighted by Crippen LogP contribution is -3.04. The summed E-state index contributed by atoms with van der Waals surface area (Å²) in [5.74, 6) is 0. The van der Waals surface area contributed by atoms with Gasteiger partial charge in [0.2, 0.25) is 0 Å². The Morgan fingerprint density at radius 2 is 1.64 bits per heavy atom. The third kappa shape index (κ3) is 1.78. The van der Waals surface area contributed by atoms with Crippen LogP contribution in [0, 0.1) is 0 Å². The van der Waals surface area contributed by atoms with E-state index < -0.39 is 0 Å². The monoisotopic (exact) mass is 186 g/mol. The molecule has 2 aromatic rings. The van der Waals surface area contributed by atoms with E-state index in [0.717, 1.165) is 6.54 Å². The molecule has 0 fully saturated rings. The van der Waals surface area contributed by atoms with Crippen molar-refractivity contribution in [3.8, 4) is 0 Å². The maximum Gasteiger partial charge on any atom is 0.103 e. The predicted octanol–water partition coefficient (Wildman–Crippen LogP) is 1.48. The van der Waals surface area contributed by atoms with Crippen LogP contribution in [0.5, 0.6) is 0 Å². The van der Waals surface area contributed by atoms with Crippen LogP contribution in [0.3, 0.4) is 0 Å². The minimum absolute atomic E-state index is 1.08. The standard InChI is InChI=1S/C13H15N/c1-14(2)10-12-8-5-7-11-6-3-4-9-13(11)12/h3-9H,10H2,1-2H3/p+1. The molecule has 0 aliphatic heterocycles. The van der Waals surface area contributed by atoms with Crippen LogP contribution < -0.4 is 4.90 Å². The van der Waals surface area contributed by atoms with E-state index in [1.165, 1.54) is 21.2 Å². The van der Waals surface area contributed by atoms with Crippen molar-refractivity contribution in [2.75, 3.05) is 14.1 Å². The minimum atomic E-state index is 1.08. The van der Waals surface area contributed by atoms with Crippen molar-refractivity contribution in [2.45, 2.75) is 6.54 Å². The molecule has 1 heteroatoms. The number of benzene rings is 2. The van der Waals surface area contributed by atoms with Gasteiger partial charge in [-0.1, -0.05) is 42.5 Å². The number of nitrogens with one attached hydrogen (secondary N) is 1. The smallest absolute Gasteiger partial charge is 0.103 e. The number of hydrogen-bond donors (Lipinski definition) is 1. The van der Waals surface area contributed by atoms with E-state index in [1.807, 2.05) is 0 Å². The van der Waals surface area contributed by atoms with Gasteiger partial charge in [-0.2, -0.15) is 0 Å². The van der Waals surface area contributed by atoms with Crippen LogP contribution in [0.4, 0.5) is 0 Å². The zero-order chi connectivity index (χ0) is 9.97. The topological polar surface area (TPSA) is 4.44 Å². The van der Waals surface area contributed by atoms with Crippen LogP contribution in [0.2, 0.25) is 0 Å². The summed E-state index contributed by atoms with van der Waals surface area (Å²) in [6, 6.07) is 15.1. The molecule has 72 valence electrons. The molecule has 0 atom stereocenters. The Morgan fingerprint density at radius 3 is 2.43 bits per heavy atom. The molecule has 0 amide bonds. The number of quaternary nitrogens is 1. The highest BCUT2D eigenvalue weighted by Crippen LogP contribution is 2.17. The lowest BCUT2D eigenvalue weighted by Gasteiger charge is -2.09. The van der Waals surface area contributed by atoms with Crippen molar-refractivity contribution in [2.24, 2.45) is 0 Å². The first-order chi connectivity index (χ1) is 6.77. The Bertz CT molecular complexity index is 427. The van der Waals surface area contributed by atoms with Gasteiger partial charge >= 0.3 is 0 Å². The molecule has 1 N–H and O–H groups in total. The summed E-state index contributed by atoms with van der Waals surface area (Å²) in [7, 11) is 4.36. The molecule has 0 heterocycles. The maximum atomic E-state index is 2.22. The molecule has 0 radical (unpaired) electrons. The fourth-order valence-electron chi connectivity index (χ4n) is 1.83. The van der Waals surface area contributed by atoms with Crippen LogP contribution in [-0.2, 0) is 6.54 Å². The van der Waals surface area contributed by atoms with E-state index in [-0.39, 0.29) is 0 Å². The zero-order valence-corrected chi connectivity index (χ0v) is 8.75. The number of rotatable bonds is 2. The van der Waals surface area contributed by atoms with Crippen LogP contribution >= 0.6 is 0 Å². The average molecular weight is 186 g/mol. The first-order valence-electron chi connectivity index (χ1n) is 5.03. The Labute approximate surface area is 85.0 Å². The van der Waals surface area contributed by atoms with Crippen LogP contribution in [0.1, 0.15) is 5.56 Å². The highest BCUT2D eigenvalue weighted by atomic mass is 15.0. The van der Waals surface area contributed by atoms with Crippen molar-refractivity contribution >= 4 is 10.8 Å². The predicted molar refractivity (Wildman–Crippen MR) is 60.5 cm³/mol. The SMILES string of the molecule is C[NH+](C)Cc1cccc2ccccc12. The quantitative estimate of drug-likeness (QED) is 0.724. The summed E-state index contributed by atoms with van der Waals surface area (Å²) in [5, 5.41) is 2.72. The second-order valence-corrected chi connectivity index (χ2v) is 4.02. The van der Waals surface area contributed by atoms with Gasteiger partial charge in [0.15, 0.2) is 0 Å². The van der Waals surface area contributed by atoms with Gasteiger partial charge in [-0.15, -0.1) is 0 Å². The van der Waals surface area contributed by atoms with Gasteiger partial charge in [0.1, 0.15) is 6.54 Å². The van der Waals surface area contributed by atoms with Gasteiger partial charge in [0, 0.05) is 5.56 Å². The maximum absolute atomic E-state index is 2.22. The molecule has 0 unspecified atom stereocenters. The summed E-state index contributed by atoms with van der Waals surface area (Å²) in [5.41, 5.74) is 1.43. The van der Waals surface area contributed by atoms with Crippen molar-refractivity contribution in [3.63, 3.8) is 0 Å². The molecule has 0 bridgehead atoms. The first-order valence-corrected chi connectivity index (χ1v) is 5.03. The Hall–Kier alpha value is -1.34. The summed E-state index contributed by atoms with van der Waals surface area (Å²) < 4.78 is 0. The van der Waals surface area contributed by atoms with Gasteiger partial charge in [-0.25, -0.2) is 0 Å². The fraction of sp³-hybridized carbons (Fsp3) is 0.231. The third-order valence-corrected chi connectivity index (χ3v) is 2.42. The lowest BCUT2D eigenvalue weighted by molar-refractivity contribution is -0.872. The highest BCUT2D eigenvalue weighted by Gasteiger charge is 2.02. The molecule has 1 nitrogen and oxygen atoms in total. The van der Waals surface area contributed by atoms with Crippen molar-refractivity contribution < 1.29 is 4.90 Å². The molecule has 2 rings (SSSR count). The van der Waals surface area contributed by atoms with Crippen LogP contribution in [0.15, 0.2) is 42.5 Å². The van der Waals surface area contributed by atoms with Crippen molar-refractivity contribution in [1.29, 1.82) is 0 Å². The molecule has 0 saturated heterocycles. The molecule has 0 saturated carbocycles. The molecule has 0 aliphatic carbocycles. The summed E-state index contributed by atoms with van der Waals surface area (Å²) >= 11 is 0. The summed E-state index contributed by atoms with van der Waals surface area (Å²) in [6.45, 7) is 1.08. The summed E-state index contributed by atoms with van der Waals surface area (Å²) in [6.07, 6.45) is 0. The molecular weight excluding hydrogens is 170 g/mol. The molecule has 0 aliphatic rings. The van der Waals surface area contributed by atoms with Crippen LogP contribution in [-0.4, -0.2) is 14.1 Å². The second kappa shape index (κ2) is 3.81. The largest absolute Gasteiger partial charge is 0.336 e. The van der Waals surface area contributed by atoms with E-state index >= 15 is 0 Å². The minimum Gasteiger partial charge on any atom is -0.336 e. The molecule has 2 aromatic carbocycles.